The quantitative estimate of drug-likeness (QED) is 0.645. The SMILES string of the molecule is COc1ccc(-c2c(-c3ccc(C#N)cc3)nc(N3CCCCCC3)n(C)c2=O)cn1. The van der Waals surface area contributed by atoms with E-state index in [2.05, 4.69) is 16.0 Å². The van der Waals surface area contributed by atoms with Crippen molar-refractivity contribution in [1.29, 1.82) is 5.26 Å². The summed E-state index contributed by atoms with van der Waals surface area (Å²) in [5.41, 5.74) is 2.99. The van der Waals surface area contributed by atoms with Gasteiger partial charge in [-0.1, -0.05) is 25.0 Å². The van der Waals surface area contributed by atoms with E-state index in [1.54, 1.807) is 43.1 Å². The standard InChI is InChI=1S/C24H25N5O2/c1-28-23(30)21(19-11-12-20(31-2)26-16-19)22(18-9-7-17(15-25)8-10-18)27-24(28)29-13-5-3-4-6-14-29/h7-12,16H,3-6,13-14H2,1-2H3. The zero-order valence-electron chi connectivity index (χ0n) is 17.8. The lowest BCUT2D eigenvalue weighted by atomic mass is 10.0. The van der Waals surface area contributed by atoms with Gasteiger partial charge in [0.05, 0.1) is 30.0 Å². The van der Waals surface area contributed by atoms with Crippen molar-refractivity contribution in [2.45, 2.75) is 25.7 Å². The summed E-state index contributed by atoms with van der Waals surface area (Å²) < 4.78 is 6.80. The largest absolute Gasteiger partial charge is 0.481 e. The number of ether oxygens (including phenoxy) is 1. The number of nitrogens with zero attached hydrogens (tertiary/aromatic N) is 5. The molecule has 7 heteroatoms. The van der Waals surface area contributed by atoms with E-state index in [4.69, 9.17) is 15.0 Å². The van der Waals surface area contributed by atoms with Crippen LogP contribution in [0, 0.1) is 11.3 Å². The molecule has 1 fully saturated rings. The Hall–Kier alpha value is -3.66. The lowest BCUT2D eigenvalue weighted by Gasteiger charge is -2.25. The van der Waals surface area contributed by atoms with Gasteiger partial charge < -0.3 is 9.64 Å². The minimum Gasteiger partial charge on any atom is -0.481 e. The third kappa shape index (κ3) is 4.15. The Morgan fingerprint density at radius 3 is 2.26 bits per heavy atom. The summed E-state index contributed by atoms with van der Waals surface area (Å²) in [5.74, 6) is 1.16. The monoisotopic (exact) mass is 415 g/mol. The van der Waals surface area contributed by atoms with Gasteiger partial charge in [-0.3, -0.25) is 9.36 Å². The van der Waals surface area contributed by atoms with E-state index in [1.165, 1.54) is 12.8 Å². The van der Waals surface area contributed by atoms with Crippen molar-refractivity contribution >= 4 is 5.95 Å². The minimum atomic E-state index is -0.124. The first kappa shape index (κ1) is 20.6. The van der Waals surface area contributed by atoms with E-state index < -0.39 is 0 Å². The smallest absolute Gasteiger partial charge is 0.263 e. The summed E-state index contributed by atoms with van der Waals surface area (Å²) in [6.07, 6.45) is 6.21. The molecule has 0 unspecified atom stereocenters. The van der Waals surface area contributed by atoms with Crippen LogP contribution in [0.1, 0.15) is 31.2 Å². The number of anilines is 1. The van der Waals surface area contributed by atoms with E-state index in [1.807, 2.05) is 18.2 Å². The van der Waals surface area contributed by atoms with Crippen molar-refractivity contribution in [3.8, 4) is 34.3 Å². The Morgan fingerprint density at radius 2 is 1.68 bits per heavy atom. The van der Waals surface area contributed by atoms with Gasteiger partial charge in [0, 0.05) is 43.5 Å². The number of nitriles is 1. The number of aromatic nitrogens is 3. The van der Waals surface area contributed by atoms with Crippen LogP contribution in [0.3, 0.4) is 0 Å². The predicted molar refractivity (Wildman–Crippen MR) is 120 cm³/mol. The maximum Gasteiger partial charge on any atom is 0.263 e. The number of pyridine rings is 1. The molecule has 1 saturated heterocycles. The Labute approximate surface area is 181 Å². The summed E-state index contributed by atoms with van der Waals surface area (Å²) in [6, 6.07) is 12.9. The number of benzene rings is 1. The van der Waals surface area contributed by atoms with Crippen molar-refractivity contribution in [3.63, 3.8) is 0 Å². The average Bonchev–Trinajstić information content (AvgIpc) is 3.10. The fourth-order valence-electron chi connectivity index (χ4n) is 3.96. The minimum absolute atomic E-state index is 0.124. The molecule has 0 spiro atoms. The van der Waals surface area contributed by atoms with Crippen LogP contribution in [0.4, 0.5) is 5.95 Å². The Balaban J connectivity index is 1.92. The molecule has 2 aromatic heterocycles. The second-order valence-corrected chi connectivity index (χ2v) is 7.68. The molecule has 3 heterocycles. The van der Waals surface area contributed by atoms with Crippen LogP contribution < -0.4 is 15.2 Å². The van der Waals surface area contributed by atoms with E-state index in [0.29, 0.717) is 34.2 Å². The first-order chi connectivity index (χ1) is 15.1. The summed E-state index contributed by atoms with van der Waals surface area (Å²) in [5, 5.41) is 9.16. The van der Waals surface area contributed by atoms with Crippen molar-refractivity contribution in [2.75, 3.05) is 25.1 Å². The van der Waals surface area contributed by atoms with Crippen LogP contribution >= 0.6 is 0 Å². The topological polar surface area (TPSA) is 84.0 Å². The molecule has 0 N–H and O–H groups in total. The summed E-state index contributed by atoms with van der Waals surface area (Å²) in [7, 11) is 3.33. The highest BCUT2D eigenvalue weighted by Crippen LogP contribution is 2.30. The molecule has 0 radical (unpaired) electrons. The van der Waals surface area contributed by atoms with Crippen molar-refractivity contribution in [2.24, 2.45) is 7.05 Å². The van der Waals surface area contributed by atoms with Crippen LogP contribution in [-0.2, 0) is 7.05 Å². The number of hydrogen-bond donors (Lipinski definition) is 0. The summed E-state index contributed by atoms with van der Waals surface area (Å²) >= 11 is 0. The van der Waals surface area contributed by atoms with Gasteiger partial charge in [-0.05, 0) is 31.0 Å². The lowest BCUT2D eigenvalue weighted by Crippen LogP contribution is -2.33. The lowest BCUT2D eigenvalue weighted by molar-refractivity contribution is 0.398. The maximum atomic E-state index is 13.6. The molecule has 158 valence electrons. The highest BCUT2D eigenvalue weighted by atomic mass is 16.5. The summed E-state index contributed by atoms with van der Waals surface area (Å²) in [6.45, 7) is 1.77. The first-order valence-electron chi connectivity index (χ1n) is 10.5. The van der Waals surface area contributed by atoms with Gasteiger partial charge in [0.1, 0.15) is 0 Å². The van der Waals surface area contributed by atoms with Crippen LogP contribution in [0.25, 0.3) is 22.4 Å². The van der Waals surface area contributed by atoms with Crippen LogP contribution in [0.15, 0.2) is 47.4 Å². The second kappa shape index (κ2) is 9.00. The van der Waals surface area contributed by atoms with E-state index in [9.17, 15) is 4.79 Å². The van der Waals surface area contributed by atoms with Gasteiger partial charge in [0.2, 0.25) is 11.8 Å². The van der Waals surface area contributed by atoms with Gasteiger partial charge in [-0.25, -0.2) is 9.97 Å². The van der Waals surface area contributed by atoms with Gasteiger partial charge in [-0.2, -0.15) is 5.26 Å². The van der Waals surface area contributed by atoms with Crippen molar-refractivity contribution < 1.29 is 4.74 Å². The zero-order chi connectivity index (χ0) is 21.8. The maximum absolute atomic E-state index is 13.6. The molecule has 0 atom stereocenters. The van der Waals surface area contributed by atoms with Crippen molar-refractivity contribution in [3.05, 3.63) is 58.5 Å². The summed E-state index contributed by atoms with van der Waals surface area (Å²) in [4.78, 5) is 25.1. The van der Waals surface area contributed by atoms with Gasteiger partial charge in [0.25, 0.3) is 5.56 Å². The molecule has 7 nitrogen and oxygen atoms in total. The highest BCUT2D eigenvalue weighted by molar-refractivity contribution is 5.81. The number of rotatable bonds is 4. The molecule has 1 aliphatic rings. The number of hydrogen-bond acceptors (Lipinski definition) is 6. The van der Waals surface area contributed by atoms with E-state index in [-0.39, 0.29) is 5.56 Å². The fraction of sp³-hybridized carbons (Fsp3) is 0.333. The fourth-order valence-corrected chi connectivity index (χ4v) is 3.96. The van der Waals surface area contributed by atoms with Crippen molar-refractivity contribution in [1.82, 2.24) is 14.5 Å². The predicted octanol–water partition coefficient (Wildman–Crippen LogP) is 3.77. The Bertz CT molecular complexity index is 1150. The molecule has 31 heavy (non-hydrogen) atoms. The molecule has 3 aromatic rings. The van der Waals surface area contributed by atoms with Gasteiger partial charge in [0.15, 0.2) is 0 Å². The molecule has 0 aliphatic carbocycles. The molecule has 4 rings (SSSR count). The first-order valence-corrected chi connectivity index (χ1v) is 10.5. The molecule has 1 aromatic carbocycles. The molecule has 1 aliphatic heterocycles. The molecular formula is C24H25N5O2. The normalized spacial score (nSPS) is 14.0. The van der Waals surface area contributed by atoms with E-state index >= 15 is 0 Å². The Morgan fingerprint density at radius 1 is 1.00 bits per heavy atom. The van der Waals surface area contributed by atoms with Crippen LogP contribution in [0.2, 0.25) is 0 Å². The zero-order valence-corrected chi connectivity index (χ0v) is 17.8. The third-order valence-electron chi connectivity index (χ3n) is 5.68. The van der Waals surface area contributed by atoms with Gasteiger partial charge >= 0.3 is 0 Å². The third-order valence-corrected chi connectivity index (χ3v) is 5.68. The van der Waals surface area contributed by atoms with E-state index in [0.717, 1.165) is 31.5 Å². The van der Waals surface area contributed by atoms with Crippen LogP contribution in [-0.4, -0.2) is 34.7 Å². The second-order valence-electron chi connectivity index (χ2n) is 7.68. The highest BCUT2D eigenvalue weighted by Gasteiger charge is 2.22. The molecule has 0 bridgehead atoms. The number of methoxy groups -OCH3 is 1. The average molecular weight is 415 g/mol. The molecular weight excluding hydrogens is 390 g/mol. The van der Waals surface area contributed by atoms with Crippen LogP contribution in [0.5, 0.6) is 5.88 Å². The van der Waals surface area contributed by atoms with Gasteiger partial charge in [-0.15, -0.1) is 0 Å². The Kier molecular flexibility index (Phi) is 5.99. The molecule has 0 saturated carbocycles. The molecule has 0 amide bonds.